The predicted octanol–water partition coefficient (Wildman–Crippen LogP) is 3.71. The first-order chi connectivity index (χ1) is 9.69. The van der Waals surface area contributed by atoms with Crippen molar-refractivity contribution in [2.45, 2.75) is 6.42 Å². The lowest BCUT2D eigenvalue weighted by Crippen LogP contribution is -2.14. The van der Waals surface area contributed by atoms with Crippen molar-refractivity contribution in [3.05, 3.63) is 60.2 Å². The van der Waals surface area contributed by atoms with Gasteiger partial charge < -0.3 is 10.1 Å². The summed E-state index contributed by atoms with van der Waals surface area (Å²) in [5, 5.41) is 3.05. The minimum absolute atomic E-state index is 0.0108. The molecule has 0 heterocycles. The monoisotopic (exact) mass is 285 g/mol. The summed E-state index contributed by atoms with van der Waals surface area (Å²) in [4.78, 5) is 12.5. The number of methoxy groups -OCH3 is 1. The molecule has 2 aromatic rings. The summed E-state index contributed by atoms with van der Waals surface area (Å²) in [6.45, 7) is 0. The van der Waals surface area contributed by atoms with Crippen LogP contribution in [0.5, 0.6) is 5.75 Å². The van der Waals surface area contributed by atoms with Gasteiger partial charge in [-0.05, 0) is 24.3 Å². The van der Waals surface area contributed by atoms with Crippen LogP contribution in [-0.2, 0) is 0 Å². The highest BCUT2D eigenvalue weighted by molar-refractivity contribution is 7.80. The van der Waals surface area contributed by atoms with Gasteiger partial charge in [0, 0.05) is 11.3 Å². The van der Waals surface area contributed by atoms with Crippen LogP contribution in [0.3, 0.4) is 0 Å². The van der Waals surface area contributed by atoms with E-state index in [1.165, 1.54) is 0 Å². The summed E-state index contributed by atoms with van der Waals surface area (Å²) in [5.74, 6) is 0.790. The highest BCUT2D eigenvalue weighted by Crippen LogP contribution is 2.15. The Morgan fingerprint density at radius 1 is 1.10 bits per heavy atom. The Balaban J connectivity index is 1.93. The molecule has 0 amide bonds. The van der Waals surface area contributed by atoms with Crippen LogP contribution in [-0.4, -0.2) is 17.9 Å². The van der Waals surface area contributed by atoms with Crippen LogP contribution in [0.25, 0.3) is 0 Å². The van der Waals surface area contributed by atoms with E-state index >= 15 is 0 Å². The van der Waals surface area contributed by atoms with Crippen molar-refractivity contribution in [2.24, 2.45) is 0 Å². The van der Waals surface area contributed by atoms with Crippen molar-refractivity contribution in [1.82, 2.24) is 0 Å². The van der Waals surface area contributed by atoms with Crippen molar-refractivity contribution >= 4 is 28.7 Å². The maximum Gasteiger partial charge on any atom is 0.169 e. The van der Waals surface area contributed by atoms with Gasteiger partial charge in [-0.1, -0.05) is 42.5 Å². The summed E-state index contributed by atoms with van der Waals surface area (Å²) in [5.41, 5.74) is 1.52. The van der Waals surface area contributed by atoms with Gasteiger partial charge in [-0.15, -0.1) is 0 Å². The zero-order valence-corrected chi connectivity index (χ0v) is 11.9. The van der Waals surface area contributed by atoms with E-state index in [0.717, 1.165) is 11.4 Å². The molecule has 0 atom stereocenters. The number of rotatable bonds is 5. The molecule has 0 aromatic heterocycles. The second-order valence-electron chi connectivity index (χ2n) is 4.24. The van der Waals surface area contributed by atoms with Crippen LogP contribution in [0.1, 0.15) is 16.8 Å². The number of Topliss-reactive ketones (excluding diaryl/α,β-unsaturated/α-hetero) is 1. The number of ether oxygens (including phenoxy) is 1. The summed E-state index contributed by atoms with van der Waals surface area (Å²) in [6, 6.07) is 16.5. The van der Waals surface area contributed by atoms with Gasteiger partial charge >= 0.3 is 0 Å². The summed E-state index contributed by atoms with van der Waals surface area (Å²) in [7, 11) is 1.62. The lowest BCUT2D eigenvalue weighted by Gasteiger charge is -2.08. The van der Waals surface area contributed by atoms with E-state index in [9.17, 15) is 4.79 Å². The second-order valence-corrected chi connectivity index (χ2v) is 4.74. The van der Waals surface area contributed by atoms with Gasteiger partial charge in [0.05, 0.1) is 18.5 Å². The molecule has 1 N–H and O–H groups in total. The van der Waals surface area contributed by atoms with Crippen LogP contribution < -0.4 is 10.1 Å². The number of hydrogen-bond donors (Lipinski definition) is 1. The van der Waals surface area contributed by atoms with Crippen LogP contribution >= 0.6 is 12.2 Å². The molecule has 0 saturated carbocycles. The van der Waals surface area contributed by atoms with E-state index in [4.69, 9.17) is 17.0 Å². The predicted molar refractivity (Wildman–Crippen MR) is 84.6 cm³/mol. The Bertz CT molecular complexity index is 594. The molecule has 3 nitrogen and oxygen atoms in total. The summed E-state index contributed by atoms with van der Waals surface area (Å²) >= 11 is 5.21. The van der Waals surface area contributed by atoms with E-state index in [0.29, 0.717) is 10.6 Å². The van der Waals surface area contributed by atoms with Gasteiger partial charge in [-0.25, -0.2) is 0 Å². The zero-order chi connectivity index (χ0) is 14.4. The fraction of sp³-hybridized carbons (Fsp3) is 0.125. The lowest BCUT2D eigenvalue weighted by atomic mass is 10.1. The van der Waals surface area contributed by atoms with Gasteiger partial charge in [-0.2, -0.15) is 0 Å². The Hall–Kier alpha value is -2.20. The van der Waals surface area contributed by atoms with Gasteiger partial charge in [0.2, 0.25) is 0 Å². The standard InChI is InChI=1S/C16H15NO2S/c1-19-14-9-7-13(8-10-14)17-16(20)11-15(18)12-5-3-2-4-6-12/h2-10H,11H2,1H3,(H,17,20). The fourth-order valence-electron chi connectivity index (χ4n) is 1.75. The first-order valence-corrected chi connectivity index (χ1v) is 6.62. The largest absolute Gasteiger partial charge is 0.497 e. The number of benzene rings is 2. The number of anilines is 1. The minimum atomic E-state index is 0.0108. The van der Waals surface area contributed by atoms with Crippen LogP contribution in [0, 0.1) is 0 Å². The van der Waals surface area contributed by atoms with E-state index in [1.807, 2.05) is 42.5 Å². The molecule has 0 aliphatic carbocycles. The highest BCUT2D eigenvalue weighted by Gasteiger charge is 2.08. The molecule has 0 spiro atoms. The van der Waals surface area contributed by atoms with Crippen molar-refractivity contribution in [3.63, 3.8) is 0 Å². The van der Waals surface area contributed by atoms with Gasteiger partial charge in [0.15, 0.2) is 5.78 Å². The Morgan fingerprint density at radius 2 is 1.75 bits per heavy atom. The Labute approximate surface area is 123 Å². The van der Waals surface area contributed by atoms with E-state index < -0.39 is 0 Å². The van der Waals surface area contributed by atoms with Gasteiger partial charge in [0.1, 0.15) is 5.75 Å². The molecule has 0 unspecified atom stereocenters. The molecule has 0 aliphatic rings. The number of thiocarbonyl (C=S) groups is 1. The number of carbonyl (C=O) groups excluding carboxylic acids is 1. The molecule has 0 radical (unpaired) electrons. The first kappa shape index (κ1) is 14.2. The molecule has 2 aromatic carbocycles. The molecule has 0 bridgehead atoms. The maximum atomic E-state index is 12.0. The van der Waals surface area contributed by atoms with Crippen LogP contribution in [0.15, 0.2) is 54.6 Å². The number of hydrogen-bond acceptors (Lipinski definition) is 3. The average Bonchev–Trinajstić information content (AvgIpc) is 2.49. The fourth-order valence-corrected chi connectivity index (χ4v) is 2.00. The highest BCUT2D eigenvalue weighted by atomic mass is 32.1. The van der Waals surface area contributed by atoms with E-state index in [1.54, 1.807) is 19.2 Å². The average molecular weight is 285 g/mol. The van der Waals surface area contributed by atoms with Crippen LogP contribution in [0.4, 0.5) is 5.69 Å². The van der Waals surface area contributed by atoms with E-state index in [2.05, 4.69) is 5.32 Å². The van der Waals surface area contributed by atoms with Gasteiger partial charge in [-0.3, -0.25) is 4.79 Å². The van der Waals surface area contributed by atoms with Crippen molar-refractivity contribution in [2.75, 3.05) is 12.4 Å². The molecule has 0 saturated heterocycles. The zero-order valence-electron chi connectivity index (χ0n) is 11.1. The molecular formula is C16H15NO2S. The first-order valence-electron chi connectivity index (χ1n) is 6.21. The van der Waals surface area contributed by atoms with Crippen LogP contribution in [0.2, 0.25) is 0 Å². The second kappa shape index (κ2) is 6.82. The van der Waals surface area contributed by atoms with E-state index in [-0.39, 0.29) is 12.2 Å². The van der Waals surface area contributed by atoms with Crippen molar-refractivity contribution in [1.29, 1.82) is 0 Å². The van der Waals surface area contributed by atoms with Crippen molar-refractivity contribution in [3.8, 4) is 5.75 Å². The lowest BCUT2D eigenvalue weighted by molar-refractivity contribution is 0.100. The maximum absolute atomic E-state index is 12.0. The normalized spacial score (nSPS) is 9.85. The quantitative estimate of drug-likeness (QED) is 0.671. The molecule has 0 aliphatic heterocycles. The molecule has 102 valence electrons. The summed E-state index contributed by atoms with van der Waals surface area (Å²) < 4.78 is 5.08. The van der Waals surface area contributed by atoms with Gasteiger partial charge in [0.25, 0.3) is 0 Å². The molecule has 4 heteroatoms. The third-order valence-corrected chi connectivity index (χ3v) is 3.04. The molecule has 0 fully saturated rings. The molecule has 20 heavy (non-hydrogen) atoms. The smallest absolute Gasteiger partial charge is 0.169 e. The summed E-state index contributed by atoms with van der Waals surface area (Å²) in [6.07, 6.45) is 0.200. The Kier molecular flexibility index (Phi) is 4.85. The third-order valence-electron chi connectivity index (χ3n) is 2.79. The third kappa shape index (κ3) is 3.90. The SMILES string of the molecule is COc1ccc(NC(=S)CC(=O)c2ccccc2)cc1. The number of carbonyl (C=O) groups is 1. The minimum Gasteiger partial charge on any atom is -0.497 e. The number of nitrogens with one attached hydrogen (secondary N) is 1. The number of ketones is 1. The Morgan fingerprint density at radius 3 is 2.35 bits per heavy atom. The molecule has 2 rings (SSSR count). The topological polar surface area (TPSA) is 38.3 Å². The van der Waals surface area contributed by atoms with Crippen molar-refractivity contribution < 1.29 is 9.53 Å². The molecular weight excluding hydrogens is 270 g/mol.